The van der Waals surface area contributed by atoms with Gasteiger partial charge in [-0.15, -0.1) is 0 Å². The van der Waals surface area contributed by atoms with Crippen molar-refractivity contribution in [3.05, 3.63) is 29.6 Å². The molecule has 1 unspecified atom stereocenters. The molecule has 0 spiro atoms. The Bertz CT molecular complexity index is 323. The minimum atomic E-state index is 0.610. The largest absolute Gasteiger partial charge is 0.310 e. The van der Waals surface area contributed by atoms with Crippen LogP contribution >= 0.6 is 0 Å². The summed E-state index contributed by atoms with van der Waals surface area (Å²) >= 11 is 0. The highest BCUT2D eigenvalue weighted by molar-refractivity contribution is 5.21. The molecule has 0 aliphatic rings. The van der Waals surface area contributed by atoms with Crippen LogP contribution in [0, 0.1) is 6.92 Å². The third-order valence-corrected chi connectivity index (χ3v) is 3.52. The number of hydrogen-bond donors (Lipinski definition) is 1. The molecule has 0 saturated heterocycles. The molecule has 0 radical (unpaired) electrons. The van der Waals surface area contributed by atoms with Gasteiger partial charge in [-0.25, -0.2) is 0 Å². The van der Waals surface area contributed by atoms with E-state index < -0.39 is 0 Å². The van der Waals surface area contributed by atoms with Gasteiger partial charge in [0.05, 0.1) is 0 Å². The van der Waals surface area contributed by atoms with Crippen molar-refractivity contribution in [1.82, 2.24) is 10.3 Å². The van der Waals surface area contributed by atoms with Gasteiger partial charge in [-0.2, -0.15) is 0 Å². The van der Waals surface area contributed by atoms with Crippen molar-refractivity contribution in [3.8, 4) is 0 Å². The summed E-state index contributed by atoms with van der Waals surface area (Å²) in [6.07, 6.45) is 11.9. The van der Waals surface area contributed by atoms with Crippen LogP contribution in [0.1, 0.15) is 63.5 Å². The van der Waals surface area contributed by atoms with Gasteiger partial charge < -0.3 is 5.32 Å². The van der Waals surface area contributed by atoms with Crippen molar-refractivity contribution in [1.29, 1.82) is 0 Å². The quantitative estimate of drug-likeness (QED) is 0.662. The fourth-order valence-corrected chi connectivity index (χ4v) is 2.14. The summed E-state index contributed by atoms with van der Waals surface area (Å²) in [7, 11) is 0. The van der Waals surface area contributed by atoms with Gasteiger partial charge >= 0.3 is 0 Å². The Hall–Kier alpha value is -0.890. The van der Waals surface area contributed by atoms with Crippen LogP contribution in [0.3, 0.4) is 0 Å². The van der Waals surface area contributed by atoms with E-state index in [0.29, 0.717) is 6.04 Å². The number of pyridine rings is 1. The van der Waals surface area contributed by atoms with E-state index in [1.165, 1.54) is 49.7 Å². The van der Waals surface area contributed by atoms with Crippen LogP contribution in [0.5, 0.6) is 0 Å². The van der Waals surface area contributed by atoms with E-state index in [1.807, 2.05) is 12.4 Å². The minimum absolute atomic E-state index is 0.610. The molecule has 1 aromatic rings. The average Bonchev–Trinajstić information content (AvgIpc) is 2.37. The van der Waals surface area contributed by atoms with Crippen LogP contribution in [0.25, 0.3) is 0 Å². The van der Waals surface area contributed by atoms with Crippen LogP contribution in [0.4, 0.5) is 0 Å². The van der Waals surface area contributed by atoms with Crippen molar-refractivity contribution in [3.63, 3.8) is 0 Å². The molecule has 18 heavy (non-hydrogen) atoms. The van der Waals surface area contributed by atoms with Gasteiger partial charge in [0.1, 0.15) is 0 Å². The maximum atomic E-state index is 4.12. The van der Waals surface area contributed by atoms with E-state index in [2.05, 4.69) is 37.1 Å². The molecule has 0 bridgehead atoms. The zero-order chi connectivity index (χ0) is 13.2. The maximum absolute atomic E-state index is 4.12. The monoisotopic (exact) mass is 248 g/mol. The number of aromatic nitrogens is 1. The molecule has 0 fully saturated rings. The van der Waals surface area contributed by atoms with E-state index >= 15 is 0 Å². The molecule has 1 heterocycles. The van der Waals surface area contributed by atoms with Gasteiger partial charge in [-0.05, 0) is 37.5 Å². The van der Waals surface area contributed by atoms with Crippen LogP contribution in [0.15, 0.2) is 18.5 Å². The first-order chi connectivity index (χ1) is 8.74. The van der Waals surface area contributed by atoms with E-state index in [0.717, 1.165) is 6.54 Å². The summed E-state index contributed by atoms with van der Waals surface area (Å²) in [6, 6.07) is 2.72. The smallest absolute Gasteiger partial charge is 0.0300 e. The zero-order valence-corrected chi connectivity index (χ0v) is 12.2. The van der Waals surface area contributed by atoms with Gasteiger partial charge in [0.2, 0.25) is 0 Å². The Labute approximate surface area is 112 Å². The number of nitrogens with one attached hydrogen (secondary N) is 1. The Morgan fingerprint density at radius 3 is 2.72 bits per heavy atom. The van der Waals surface area contributed by atoms with Crippen molar-refractivity contribution in [2.45, 2.75) is 71.9 Å². The molecule has 102 valence electrons. The van der Waals surface area contributed by atoms with E-state index in [-0.39, 0.29) is 0 Å². The molecule has 0 saturated carbocycles. The van der Waals surface area contributed by atoms with E-state index in [1.54, 1.807) is 0 Å². The maximum Gasteiger partial charge on any atom is 0.0300 e. The van der Waals surface area contributed by atoms with Crippen LogP contribution in [-0.2, 0) is 6.54 Å². The molecule has 1 atom stereocenters. The third kappa shape index (κ3) is 6.15. The third-order valence-electron chi connectivity index (χ3n) is 3.52. The Kier molecular flexibility index (Phi) is 7.66. The van der Waals surface area contributed by atoms with Crippen molar-refractivity contribution in [2.75, 3.05) is 0 Å². The van der Waals surface area contributed by atoms with Crippen molar-refractivity contribution >= 4 is 0 Å². The fourth-order valence-electron chi connectivity index (χ4n) is 2.14. The Balaban J connectivity index is 2.13. The van der Waals surface area contributed by atoms with Crippen LogP contribution in [-0.4, -0.2) is 11.0 Å². The van der Waals surface area contributed by atoms with Crippen molar-refractivity contribution in [2.24, 2.45) is 0 Å². The standard InChI is InChI=1S/C16H28N2/c1-4-5-6-7-8-9-15(3)18-13-16-10-11-17-12-14(16)2/h10-12,15,18H,4-9,13H2,1-3H3. The highest BCUT2D eigenvalue weighted by Gasteiger charge is 2.03. The second kappa shape index (κ2) is 9.09. The number of nitrogens with zero attached hydrogens (tertiary/aromatic N) is 1. The molecule has 2 heteroatoms. The molecular weight excluding hydrogens is 220 g/mol. The number of hydrogen-bond acceptors (Lipinski definition) is 2. The van der Waals surface area contributed by atoms with E-state index in [9.17, 15) is 0 Å². The lowest BCUT2D eigenvalue weighted by Gasteiger charge is -2.14. The summed E-state index contributed by atoms with van der Waals surface area (Å²) in [4.78, 5) is 4.12. The summed E-state index contributed by atoms with van der Waals surface area (Å²) in [5.74, 6) is 0. The SMILES string of the molecule is CCCCCCCC(C)NCc1ccncc1C. The molecule has 2 nitrogen and oxygen atoms in total. The molecule has 0 amide bonds. The summed E-state index contributed by atoms with van der Waals surface area (Å²) in [6.45, 7) is 7.64. The second-order valence-corrected chi connectivity index (χ2v) is 5.29. The normalized spacial score (nSPS) is 12.6. The Morgan fingerprint density at radius 1 is 1.22 bits per heavy atom. The lowest BCUT2D eigenvalue weighted by molar-refractivity contribution is 0.479. The Morgan fingerprint density at radius 2 is 2.00 bits per heavy atom. The van der Waals surface area contributed by atoms with E-state index in [4.69, 9.17) is 0 Å². The molecule has 1 aromatic heterocycles. The average molecular weight is 248 g/mol. The van der Waals surface area contributed by atoms with Gasteiger partial charge in [0.25, 0.3) is 0 Å². The summed E-state index contributed by atoms with van der Waals surface area (Å²) in [5, 5.41) is 3.60. The van der Waals surface area contributed by atoms with Gasteiger partial charge in [-0.3, -0.25) is 4.98 Å². The molecule has 0 aromatic carbocycles. The molecule has 0 aliphatic carbocycles. The number of aryl methyl sites for hydroxylation is 1. The molecule has 0 aliphatic heterocycles. The van der Waals surface area contributed by atoms with Gasteiger partial charge in [-0.1, -0.05) is 39.0 Å². The number of rotatable bonds is 9. The van der Waals surface area contributed by atoms with Crippen molar-refractivity contribution < 1.29 is 0 Å². The topological polar surface area (TPSA) is 24.9 Å². The summed E-state index contributed by atoms with van der Waals surface area (Å²) in [5.41, 5.74) is 2.64. The van der Waals surface area contributed by atoms with Gasteiger partial charge in [0.15, 0.2) is 0 Å². The predicted molar refractivity (Wildman–Crippen MR) is 78.7 cm³/mol. The number of unbranched alkanes of at least 4 members (excludes halogenated alkanes) is 4. The lowest BCUT2D eigenvalue weighted by Crippen LogP contribution is -2.25. The molecule has 1 N–H and O–H groups in total. The summed E-state index contributed by atoms with van der Waals surface area (Å²) < 4.78 is 0. The second-order valence-electron chi connectivity index (χ2n) is 5.29. The highest BCUT2D eigenvalue weighted by Crippen LogP contribution is 2.09. The zero-order valence-electron chi connectivity index (χ0n) is 12.2. The molecule has 1 rings (SSSR count). The van der Waals surface area contributed by atoms with Crippen LogP contribution < -0.4 is 5.32 Å². The predicted octanol–water partition coefficient (Wildman–Crippen LogP) is 4.23. The first-order valence-electron chi connectivity index (χ1n) is 7.37. The minimum Gasteiger partial charge on any atom is -0.310 e. The first kappa shape index (κ1) is 15.2. The first-order valence-corrected chi connectivity index (χ1v) is 7.37. The van der Waals surface area contributed by atoms with Gasteiger partial charge in [0, 0.05) is 25.0 Å². The lowest BCUT2D eigenvalue weighted by atomic mass is 10.1. The molecular formula is C16H28N2. The van der Waals surface area contributed by atoms with Crippen LogP contribution in [0.2, 0.25) is 0 Å². The highest BCUT2D eigenvalue weighted by atomic mass is 14.9. The fraction of sp³-hybridized carbons (Fsp3) is 0.688.